The molecule has 150 valence electrons. The van der Waals surface area contributed by atoms with Crippen LogP contribution in [0.3, 0.4) is 0 Å². The Bertz CT molecular complexity index is 1180. The average Bonchev–Trinajstić information content (AvgIpc) is 2.78. The van der Waals surface area contributed by atoms with Crippen molar-refractivity contribution in [2.75, 3.05) is 0 Å². The number of fused-ring (bicyclic) bond motifs is 1. The van der Waals surface area contributed by atoms with Crippen LogP contribution in [0.5, 0.6) is 11.6 Å². The molecule has 4 rings (SSSR count). The molecule has 4 aromatic rings. The Labute approximate surface area is 171 Å². The van der Waals surface area contributed by atoms with Gasteiger partial charge in [0, 0.05) is 12.1 Å². The van der Waals surface area contributed by atoms with Crippen molar-refractivity contribution in [3.63, 3.8) is 0 Å². The highest BCUT2D eigenvalue weighted by Gasteiger charge is 2.17. The van der Waals surface area contributed by atoms with Gasteiger partial charge in [-0.2, -0.15) is 4.98 Å². The third kappa shape index (κ3) is 4.41. The molecule has 0 radical (unpaired) electrons. The molecule has 0 spiro atoms. The number of carbonyl (C=O) groups is 1. The van der Waals surface area contributed by atoms with Crippen molar-refractivity contribution in [1.29, 1.82) is 0 Å². The van der Waals surface area contributed by atoms with E-state index in [0.717, 1.165) is 5.56 Å². The molecule has 1 aromatic heterocycles. The number of carbonyl (C=O) groups excluding carboxylic acids is 1. The van der Waals surface area contributed by atoms with Crippen LogP contribution in [-0.2, 0) is 6.54 Å². The summed E-state index contributed by atoms with van der Waals surface area (Å²) in [5.41, 5.74) is 1.72. The maximum atomic E-state index is 13.2. The molecule has 0 atom stereocenters. The van der Waals surface area contributed by atoms with E-state index in [0.29, 0.717) is 28.8 Å². The third-order valence-electron chi connectivity index (χ3n) is 4.39. The number of hydrogen-bond acceptors (Lipinski definition) is 4. The van der Waals surface area contributed by atoms with Gasteiger partial charge in [-0.15, -0.1) is 0 Å². The van der Waals surface area contributed by atoms with Crippen LogP contribution in [0.4, 0.5) is 8.78 Å². The lowest BCUT2D eigenvalue weighted by Crippen LogP contribution is -2.22. The van der Waals surface area contributed by atoms with E-state index in [1.165, 1.54) is 0 Å². The Morgan fingerprint density at radius 2 is 1.70 bits per heavy atom. The van der Waals surface area contributed by atoms with Crippen LogP contribution in [-0.4, -0.2) is 15.9 Å². The molecule has 1 amide bonds. The number of ether oxygens (including phenoxy) is 1. The molecule has 0 fully saturated rings. The summed E-state index contributed by atoms with van der Waals surface area (Å²) in [5.74, 6) is -0.560. The number of para-hydroxylation sites is 1. The highest BCUT2D eigenvalue weighted by atomic mass is 19.3. The van der Waals surface area contributed by atoms with Crippen LogP contribution in [0.15, 0.2) is 78.9 Å². The summed E-state index contributed by atoms with van der Waals surface area (Å²) in [7, 11) is 0. The molecule has 0 bridgehead atoms. The lowest BCUT2D eigenvalue weighted by molar-refractivity contribution is 0.0950. The minimum Gasteiger partial charge on any atom is -0.438 e. The highest BCUT2D eigenvalue weighted by Crippen LogP contribution is 2.30. The van der Waals surface area contributed by atoms with Gasteiger partial charge in [0.1, 0.15) is 5.75 Å². The zero-order chi connectivity index (χ0) is 20.9. The van der Waals surface area contributed by atoms with Crippen molar-refractivity contribution in [3.05, 3.63) is 95.8 Å². The summed E-state index contributed by atoms with van der Waals surface area (Å²) in [6, 6.07) is 22.8. The second kappa shape index (κ2) is 8.65. The lowest BCUT2D eigenvalue weighted by Gasteiger charge is -2.11. The van der Waals surface area contributed by atoms with Crippen molar-refractivity contribution in [2.45, 2.75) is 13.0 Å². The molecule has 0 aliphatic rings. The van der Waals surface area contributed by atoms with E-state index in [1.54, 1.807) is 48.5 Å². The minimum absolute atomic E-state index is 0.0118. The van der Waals surface area contributed by atoms with E-state index in [-0.39, 0.29) is 11.8 Å². The van der Waals surface area contributed by atoms with E-state index >= 15 is 0 Å². The fourth-order valence-electron chi connectivity index (χ4n) is 2.93. The van der Waals surface area contributed by atoms with E-state index < -0.39 is 12.2 Å². The Balaban J connectivity index is 1.57. The molecular weight excluding hydrogens is 388 g/mol. The fourth-order valence-corrected chi connectivity index (χ4v) is 2.93. The highest BCUT2D eigenvalue weighted by molar-refractivity contribution is 5.94. The van der Waals surface area contributed by atoms with Gasteiger partial charge in [0.15, 0.2) is 5.82 Å². The maximum absolute atomic E-state index is 13.2. The molecule has 3 aromatic carbocycles. The summed E-state index contributed by atoms with van der Waals surface area (Å²) in [6.45, 7) is 0.388. The zero-order valence-electron chi connectivity index (χ0n) is 15.8. The zero-order valence-corrected chi connectivity index (χ0v) is 15.8. The Morgan fingerprint density at radius 3 is 2.50 bits per heavy atom. The number of nitrogens with zero attached hydrogens (tertiary/aromatic N) is 2. The predicted octanol–water partition coefficient (Wildman–Crippen LogP) is 5.29. The first kappa shape index (κ1) is 19.4. The van der Waals surface area contributed by atoms with Gasteiger partial charge in [-0.1, -0.05) is 48.5 Å². The average molecular weight is 405 g/mol. The van der Waals surface area contributed by atoms with Gasteiger partial charge in [-0.05, 0) is 35.9 Å². The van der Waals surface area contributed by atoms with Gasteiger partial charge < -0.3 is 10.1 Å². The topological polar surface area (TPSA) is 64.1 Å². The maximum Gasteiger partial charge on any atom is 0.297 e. The van der Waals surface area contributed by atoms with Crippen molar-refractivity contribution < 1.29 is 18.3 Å². The molecule has 7 heteroatoms. The van der Waals surface area contributed by atoms with Crippen LogP contribution >= 0.6 is 0 Å². The number of halogens is 2. The largest absolute Gasteiger partial charge is 0.438 e. The van der Waals surface area contributed by atoms with Crippen molar-refractivity contribution in [3.8, 4) is 11.6 Å². The SMILES string of the molecule is O=C(NCc1ccccc1)c1cccc(Oc2nc(C(F)F)nc3ccccc23)c1. The molecular formula is C23H17F2N3O2. The van der Waals surface area contributed by atoms with Gasteiger partial charge in [-0.3, -0.25) is 4.79 Å². The number of nitrogens with one attached hydrogen (secondary N) is 1. The summed E-state index contributed by atoms with van der Waals surface area (Å²) in [5, 5.41) is 3.34. The number of aromatic nitrogens is 2. The molecule has 0 aliphatic heterocycles. The lowest BCUT2D eigenvalue weighted by atomic mass is 10.2. The quantitative estimate of drug-likeness (QED) is 0.473. The van der Waals surface area contributed by atoms with Crippen LogP contribution in [0, 0.1) is 0 Å². The smallest absolute Gasteiger partial charge is 0.297 e. The first-order valence-corrected chi connectivity index (χ1v) is 9.25. The van der Waals surface area contributed by atoms with Crippen LogP contribution in [0.25, 0.3) is 10.9 Å². The van der Waals surface area contributed by atoms with Crippen molar-refractivity contribution in [1.82, 2.24) is 15.3 Å². The van der Waals surface area contributed by atoms with Gasteiger partial charge in [-0.25, -0.2) is 13.8 Å². The summed E-state index contributed by atoms with van der Waals surface area (Å²) in [6.07, 6.45) is -2.83. The summed E-state index contributed by atoms with van der Waals surface area (Å²) >= 11 is 0. The van der Waals surface area contributed by atoms with E-state index in [2.05, 4.69) is 15.3 Å². The number of hydrogen-bond donors (Lipinski definition) is 1. The van der Waals surface area contributed by atoms with E-state index in [9.17, 15) is 13.6 Å². The Morgan fingerprint density at radius 1 is 0.933 bits per heavy atom. The van der Waals surface area contributed by atoms with Gasteiger partial charge in [0.2, 0.25) is 5.88 Å². The Kier molecular flexibility index (Phi) is 5.61. The second-order valence-electron chi connectivity index (χ2n) is 6.50. The number of amides is 1. The first-order valence-electron chi connectivity index (χ1n) is 9.25. The monoisotopic (exact) mass is 405 g/mol. The predicted molar refractivity (Wildman–Crippen MR) is 109 cm³/mol. The first-order chi connectivity index (χ1) is 14.6. The molecule has 0 aliphatic carbocycles. The number of alkyl halides is 2. The van der Waals surface area contributed by atoms with Gasteiger partial charge in [0.05, 0.1) is 10.9 Å². The number of rotatable bonds is 6. The molecule has 0 saturated heterocycles. The molecule has 5 nitrogen and oxygen atoms in total. The van der Waals surface area contributed by atoms with Crippen LogP contribution in [0.1, 0.15) is 28.2 Å². The molecule has 0 unspecified atom stereocenters. The summed E-state index contributed by atoms with van der Waals surface area (Å²) in [4.78, 5) is 20.2. The van der Waals surface area contributed by atoms with Gasteiger partial charge >= 0.3 is 0 Å². The standard InChI is InChI=1S/C23H17F2N3O2/c24-20(25)21-27-19-12-5-4-11-18(19)23(28-21)30-17-10-6-9-16(13-17)22(29)26-14-15-7-2-1-3-8-15/h1-13,20H,14H2,(H,26,29). The molecule has 1 heterocycles. The minimum atomic E-state index is -2.83. The second-order valence-corrected chi connectivity index (χ2v) is 6.50. The number of benzene rings is 3. The Hall–Kier alpha value is -3.87. The van der Waals surface area contributed by atoms with Crippen molar-refractivity contribution in [2.24, 2.45) is 0 Å². The summed E-state index contributed by atoms with van der Waals surface area (Å²) < 4.78 is 32.1. The van der Waals surface area contributed by atoms with E-state index in [4.69, 9.17) is 4.74 Å². The third-order valence-corrected chi connectivity index (χ3v) is 4.39. The van der Waals surface area contributed by atoms with Crippen LogP contribution in [0.2, 0.25) is 0 Å². The molecule has 0 saturated carbocycles. The molecule has 30 heavy (non-hydrogen) atoms. The van der Waals surface area contributed by atoms with Gasteiger partial charge in [0.25, 0.3) is 12.3 Å². The normalized spacial score (nSPS) is 10.9. The molecule has 1 N–H and O–H groups in total. The fraction of sp³-hybridized carbons (Fsp3) is 0.0870. The van der Waals surface area contributed by atoms with E-state index in [1.807, 2.05) is 30.3 Å². The van der Waals surface area contributed by atoms with Crippen LogP contribution < -0.4 is 10.1 Å². The van der Waals surface area contributed by atoms with Crippen molar-refractivity contribution >= 4 is 16.8 Å².